The van der Waals surface area contributed by atoms with Gasteiger partial charge in [0.05, 0.1) is 18.1 Å². The van der Waals surface area contributed by atoms with Crippen LogP contribution in [0, 0.1) is 36.5 Å². The van der Waals surface area contributed by atoms with E-state index in [0.717, 1.165) is 78.6 Å². The molecule has 0 saturated carbocycles. The predicted molar refractivity (Wildman–Crippen MR) is 186 cm³/mol. The highest BCUT2D eigenvalue weighted by atomic mass is 32.1. The Morgan fingerprint density at radius 3 is 1.62 bits per heavy atom. The summed E-state index contributed by atoms with van der Waals surface area (Å²) in [6.07, 6.45) is 8.22. The molecule has 0 aliphatic rings. The maximum atomic E-state index is 12.7. The second-order valence-electron chi connectivity index (χ2n) is 10.9. The SMILES string of the molecule is Cc1nsc(C(CCCCCC#N)C(=O)Cc2ccccc2)n1.Cc1nsc(C(CCCCCC#N)C(=O)O)n1.Nc1ccccc1. The number of carbonyl (C=O) groups is 2. The number of nitrogens with two attached hydrogens (primary N) is 1. The Bertz CT molecular complexity index is 1550. The highest BCUT2D eigenvalue weighted by Gasteiger charge is 2.24. The Hall–Kier alpha value is -4.52. The molecule has 0 fully saturated rings. The molecule has 0 radical (unpaired) electrons. The molecule has 2 heterocycles. The highest BCUT2D eigenvalue weighted by Crippen LogP contribution is 2.27. The molecule has 10 nitrogen and oxygen atoms in total. The van der Waals surface area contributed by atoms with E-state index < -0.39 is 11.9 Å². The first-order valence-corrected chi connectivity index (χ1v) is 17.2. The molecular weight excluding hydrogens is 631 g/mol. The van der Waals surface area contributed by atoms with E-state index in [1.54, 1.807) is 6.92 Å². The number of anilines is 1. The Balaban J connectivity index is 0.000000279. The second-order valence-corrected chi connectivity index (χ2v) is 12.4. The number of aryl methyl sites for hydroxylation is 2. The lowest BCUT2D eigenvalue weighted by Crippen LogP contribution is -2.15. The number of hydrogen-bond acceptors (Lipinski definition) is 11. The van der Waals surface area contributed by atoms with Gasteiger partial charge in [-0.1, -0.05) is 74.2 Å². The molecular formula is C35H43N7O3S2. The molecule has 0 aliphatic carbocycles. The van der Waals surface area contributed by atoms with Gasteiger partial charge in [-0.3, -0.25) is 9.59 Å². The van der Waals surface area contributed by atoms with Gasteiger partial charge in [0.15, 0.2) is 0 Å². The molecule has 2 aromatic carbocycles. The molecule has 3 N–H and O–H groups in total. The largest absolute Gasteiger partial charge is 0.481 e. The topological polar surface area (TPSA) is 180 Å². The summed E-state index contributed by atoms with van der Waals surface area (Å²) in [6, 6.07) is 23.5. The third-order valence-corrected chi connectivity index (χ3v) is 8.79. The zero-order valence-electron chi connectivity index (χ0n) is 27.0. The number of aromatic nitrogens is 4. The minimum Gasteiger partial charge on any atom is -0.481 e. The number of nitrogens with zero attached hydrogens (tertiary/aromatic N) is 6. The van der Waals surface area contributed by atoms with E-state index in [9.17, 15) is 9.59 Å². The number of benzene rings is 2. The van der Waals surface area contributed by atoms with Gasteiger partial charge in [0.2, 0.25) is 0 Å². The number of hydrogen-bond donors (Lipinski definition) is 2. The quantitative estimate of drug-likeness (QED) is 0.0874. The first-order valence-electron chi connectivity index (χ1n) is 15.7. The van der Waals surface area contributed by atoms with E-state index in [1.807, 2.05) is 67.6 Å². The summed E-state index contributed by atoms with van der Waals surface area (Å²) >= 11 is 2.49. The Morgan fingerprint density at radius 2 is 1.21 bits per heavy atom. The number of rotatable bonds is 16. The highest BCUT2D eigenvalue weighted by molar-refractivity contribution is 7.05. The van der Waals surface area contributed by atoms with E-state index >= 15 is 0 Å². The number of nitrogen functional groups attached to an aromatic ring is 1. The summed E-state index contributed by atoms with van der Waals surface area (Å²) in [4.78, 5) is 32.4. The summed E-state index contributed by atoms with van der Waals surface area (Å²) in [6.45, 7) is 3.61. The molecule has 2 unspecified atom stereocenters. The van der Waals surface area contributed by atoms with E-state index in [4.69, 9.17) is 21.4 Å². The maximum Gasteiger partial charge on any atom is 0.313 e. The van der Waals surface area contributed by atoms with Gasteiger partial charge < -0.3 is 10.8 Å². The average molecular weight is 674 g/mol. The summed E-state index contributed by atoms with van der Waals surface area (Å²) in [5.74, 6) is -0.0198. The van der Waals surface area contributed by atoms with Crippen molar-refractivity contribution in [3.8, 4) is 12.1 Å². The molecule has 248 valence electrons. The second kappa shape index (κ2) is 22.9. The smallest absolute Gasteiger partial charge is 0.313 e. The molecule has 12 heteroatoms. The molecule has 47 heavy (non-hydrogen) atoms. The number of carboxylic acids is 1. The molecule has 0 bridgehead atoms. The van der Waals surface area contributed by atoms with Crippen molar-refractivity contribution in [2.24, 2.45) is 0 Å². The first-order chi connectivity index (χ1) is 22.7. The summed E-state index contributed by atoms with van der Waals surface area (Å²) in [5, 5.41) is 27.5. The lowest BCUT2D eigenvalue weighted by atomic mass is 9.93. The number of unbranched alkanes of at least 4 members (excludes halogenated alkanes) is 6. The fourth-order valence-electron chi connectivity index (χ4n) is 4.52. The summed E-state index contributed by atoms with van der Waals surface area (Å²) in [5.41, 5.74) is 7.21. The van der Waals surface area contributed by atoms with Gasteiger partial charge in [0.25, 0.3) is 0 Å². The van der Waals surface area contributed by atoms with Crippen molar-refractivity contribution in [1.82, 2.24) is 18.7 Å². The lowest BCUT2D eigenvalue weighted by Gasteiger charge is -2.13. The van der Waals surface area contributed by atoms with Crippen LogP contribution in [0.25, 0.3) is 0 Å². The van der Waals surface area contributed by atoms with Crippen LogP contribution in [-0.4, -0.2) is 35.6 Å². The standard InChI is InChI=1S/C18H21N3OS.C11H15N3O2S.C6H7N/c1-14-20-18(23-21-14)16(11-7-2-3-8-12-19)17(22)13-15-9-5-4-6-10-15;1-8-13-10(17-14-8)9(11(15)16)6-4-2-3-5-7-12;7-6-4-2-1-3-5-6/h4-6,9-10,16H,2-3,7-8,11,13H2,1H3;9H,2-6H2,1H3,(H,15,16);1-5H,7H2. The molecule has 2 atom stereocenters. The summed E-state index contributed by atoms with van der Waals surface area (Å²) in [7, 11) is 0. The zero-order chi connectivity index (χ0) is 34.3. The van der Waals surface area contributed by atoms with Crippen LogP contribution in [0.1, 0.15) is 103 Å². The van der Waals surface area contributed by atoms with Gasteiger partial charge in [0, 0.05) is 24.9 Å². The molecule has 4 rings (SSSR count). The molecule has 0 spiro atoms. The van der Waals surface area contributed by atoms with Crippen molar-refractivity contribution < 1.29 is 14.7 Å². The van der Waals surface area contributed by atoms with Crippen LogP contribution in [0.2, 0.25) is 0 Å². The van der Waals surface area contributed by atoms with Crippen molar-refractivity contribution in [3.05, 3.63) is 87.9 Å². The Kier molecular flexibility index (Phi) is 18.8. The number of nitriles is 2. The minimum absolute atomic E-state index is 0.177. The maximum absolute atomic E-state index is 12.7. The van der Waals surface area contributed by atoms with Crippen LogP contribution in [0.5, 0.6) is 0 Å². The third-order valence-electron chi connectivity index (χ3n) is 6.95. The van der Waals surface area contributed by atoms with Gasteiger partial charge in [0.1, 0.15) is 33.4 Å². The van der Waals surface area contributed by atoms with Crippen LogP contribution in [0.3, 0.4) is 0 Å². The lowest BCUT2D eigenvalue weighted by molar-refractivity contribution is -0.139. The van der Waals surface area contributed by atoms with Crippen molar-refractivity contribution in [2.45, 2.75) is 96.3 Å². The third kappa shape index (κ3) is 16.0. The van der Waals surface area contributed by atoms with E-state index in [2.05, 4.69) is 30.9 Å². The number of Topliss-reactive ketones (excluding diaryl/α,β-unsaturated/α-hetero) is 1. The van der Waals surface area contributed by atoms with Crippen molar-refractivity contribution >= 4 is 40.5 Å². The van der Waals surface area contributed by atoms with E-state index in [1.165, 1.54) is 11.5 Å². The number of carboxylic acid groups (broad SMARTS) is 1. The van der Waals surface area contributed by atoms with Gasteiger partial charge in [-0.05, 0) is 80.3 Å². The fourth-order valence-corrected chi connectivity index (χ4v) is 6.12. The summed E-state index contributed by atoms with van der Waals surface area (Å²) < 4.78 is 8.22. The fraction of sp³-hybridized carbons (Fsp3) is 0.429. The zero-order valence-corrected chi connectivity index (χ0v) is 28.7. The van der Waals surface area contributed by atoms with Crippen LogP contribution in [0.4, 0.5) is 5.69 Å². The number of ketones is 1. The van der Waals surface area contributed by atoms with Crippen molar-refractivity contribution in [1.29, 1.82) is 10.5 Å². The monoisotopic (exact) mass is 673 g/mol. The molecule has 0 aliphatic heterocycles. The van der Waals surface area contributed by atoms with Crippen LogP contribution >= 0.6 is 23.1 Å². The van der Waals surface area contributed by atoms with Crippen molar-refractivity contribution in [3.63, 3.8) is 0 Å². The number of carbonyl (C=O) groups excluding carboxylic acids is 1. The van der Waals surface area contributed by atoms with Gasteiger partial charge in [-0.25, -0.2) is 9.97 Å². The first kappa shape index (κ1) is 38.7. The number of aliphatic carboxylic acids is 1. The number of para-hydroxylation sites is 1. The van der Waals surface area contributed by atoms with Crippen molar-refractivity contribution in [2.75, 3.05) is 5.73 Å². The predicted octanol–water partition coefficient (Wildman–Crippen LogP) is 7.97. The molecule has 4 aromatic rings. The molecule has 0 amide bonds. The average Bonchev–Trinajstić information content (AvgIpc) is 3.69. The van der Waals surface area contributed by atoms with Gasteiger partial charge >= 0.3 is 5.97 Å². The van der Waals surface area contributed by atoms with Gasteiger partial charge in [-0.15, -0.1) is 0 Å². The normalized spacial score (nSPS) is 11.4. The van der Waals surface area contributed by atoms with Crippen LogP contribution < -0.4 is 5.73 Å². The van der Waals surface area contributed by atoms with E-state index in [-0.39, 0.29) is 11.7 Å². The van der Waals surface area contributed by atoms with Crippen LogP contribution in [-0.2, 0) is 16.0 Å². The molecule has 0 saturated heterocycles. The Labute approximate surface area is 285 Å². The molecule has 2 aromatic heterocycles. The van der Waals surface area contributed by atoms with Crippen LogP contribution in [0.15, 0.2) is 60.7 Å². The van der Waals surface area contributed by atoms with E-state index in [0.29, 0.717) is 36.5 Å². The Morgan fingerprint density at radius 1 is 0.745 bits per heavy atom. The minimum atomic E-state index is -0.846. The van der Waals surface area contributed by atoms with Gasteiger partial charge in [-0.2, -0.15) is 19.3 Å².